The molecule has 0 spiro atoms. The normalized spacial score (nSPS) is 11.8. The monoisotopic (exact) mass is 722 g/mol. The molecule has 48 heavy (non-hydrogen) atoms. The van der Waals surface area contributed by atoms with Gasteiger partial charge in [-0.15, -0.1) is 0 Å². The van der Waals surface area contributed by atoms with Crippen LogP contribution < -0.4 is 0 Å². The minimum Gasteiger partial charge on any atom is -0.251 e. The zero-order chi connectivity index (χ0) is 33.4. The van der Waals surface area contributed by atoms with Crippen molar-refractivity contribution in [2.45, 2.75) is 92.9 Å². The van der Waals surface area contributed by atoms with Crippen molar-refractivity contribution >= 4 is 33.8 Å². The zero-order valence-electron chi connectivity index (χ0n) is 30.0. The van der Waals surface area contributed by atoms with E-state index in [-0.39, 0.29) is 34.1 Å². The molecule has 0 atom stereocenters. The van der Waals surface area contributed by atoms with E-state index in [1.165, 1.54) is 22.3 Å². The molecule has 3 aromatic carbocycles. The van der Waals surface area contributed by atoms with E-state index in [1.807, 2.05) is 62.4 Å². The summed E-state index contributed by atoms with van der Waals surface area (Å²) in [5.41, 5.74) is 11.4. The number of aromatic nitrogens is 2. The first kappa shape index (κ1) is 40.8. The van der Waals surface area contributed by atoms with E-state index in [0.717, 1.165) is 39.6 Å². The van der Waals surface area contributed by atoms with Gasteiger partial charge < -0.3 is 0 Å². The average molecular weight is 723 g/mol. The fraction of sp³-hybridized carbons (Fsp3) is 0.333. The standard InChI is InChI=1S/C36H44N4.C6H6.2Fe/c1-21(2)28-13-11-14-29(22(3)4)34(28)37-25(9)32-19-17-27-18-20-33(40-36(27)39-32)26(10)38-35-30(23(5)6)15-12-16-31(35)24(7)8;1-2-4-6-5-3-1;;/h11-24H,1-10H3;1-6H;;. The summed E-state index contributed by atoms with van der Waals surface area (Å²) in [6.07, 6.45) is 0. The summed E-state index contributed by atoms with van der Waals surface area (Å²) in [6.45, 7) is 21.9. The van der Waals surface area contributed by atoms with E-state index >= 15 is 0 Å². The minimum absolute atomic E-state index is 0. The SMILES string of the molecule is CC(=Nc1c(C(C)C)cccc1C(C)C)c1ccc2ccc(C(C)=Nc3c(C(C)C)cccc3C(C)C)nc2n1.[Fe].[Fe].c1ccccc1. The second kappa shape index (κ2) is 19.0. The number of nitrogens with zero attached hydrogens (tertiary/aromatic N) is 4. The molecule has 0 amide bonds. The summed E-state index contributed by atoms with van der Waals surface area (Å²) in [6, 6.07) is 33.3. The van der Waals surface area contributed by atoms with E-state index in [4.69, 9.17) is 20.0 Å². The van der Waals surface area contributed by atoms with Crippen molar-refractivity contribution in [3.05, 3.63) is 131 Å². The third kappa shape index (κ3) is 10.3. The Bertz CT molecular complexity index is 1630. The Hall–Kier alpha value is -3.40. The fourth-order valence-corrected chi connectivity index (χ4v) is 5.52. The molecule has 2 aromatic heterocycles. The van der Waals surface area contributed by atoms with E-state index in [2.05, 4.69) is 104 Å². The van der Waals surface area contributed by atoms with Gasteiger partial charge in [0.25, 0.3) is 0 Å². The zero-order valence-corrected chi connectivity index (χ0v) is 32.3. The summed E-state index contributed by atoms with van der Waals surface area (Å²) in [7, 11) is 0. The second-order valence-corrected chi connectivity index (χ2v) is 13.2. The van der Waals surface area contributed by atoms with Crippen LogP contribution in [0.15, 0.2) is 107 Å². The molecule has 5 aromatic rings. The second-order valence-electron chi connectivity index (χ2n) is 13.2. The van der Waals surface area contributed by atoms with Crippen LogP contribution in [0.3, 0.4) is 0 Å². The predicted octanol–water partition coefficient (Wildman–Crippen LogP) is 12.1. The third-order valence-electron chi connectivity index (χ3n) is 8.20. The maximum absolute atomic E-state index is 5.15. The van der Waals surface area contributed by atoms with Crippen molar-refractivity contribution < 1.29 is 34.1 Å². The van der Waals surface area contributed by atoms with E-state index in [9.17, 15) is 0 Å². The van der Waals surface area contributed by atoms with Gasteiger partial charge in [0.15, 0.2) is 5.65 Å². The molecule has 0 fully saturated rings. The number of aliphatic imine (C=N–C) groups is 2. The number of rotatable bonds is 8. The number of benzene rings is 3. The van der Waals surface area contributed by atoms with Crippen LogP contribution in [0.25, 0.3) is 11.0 Å². The quantitative estimate of drug-likeness (QED) is 0.118. The maximum atomic E-state index is 5.15. The topological polar surface area (TPSA) is 50.5 Å². The van der Waals surface area contributed by atoms with Crippen LogP contribution in [-0.2, 0) is 34.1 Å². The first-order chi connectivity index (χ1) is 22.0. The summed E-state index contributed by atoms with van der Waals surface area (Å²) < 4.78 is 0. The molecule has 0 aliphatic rings. The maximum Gasteiger partial charge on any atom is 0.160 e. The summed E-state index contributed by atoms with van der Waals surface area (Å²) in [5.74, 6) is 1.55. The molecule has 2 heterocycles. The van der Waals surface area contributed by atoms with Crippen LogP contribution in [0.2, 0.25) is 0 Å². The molecule has 0 saturated heterocycles. The van der Waals surface area contributed by atoms with Crippen LogP contribution in [0.4, 0.5) is 11.4 Å². The Labute approximate surface area is 310 Å². The van der Waals surface area contributed by atoms with Gasteiger partial charge in [-0.1, -0.05) is 128 Å². The van der Waals surface area contributed by atoms with Crippen LogP contribution in [0.5, 0.6) is 0 Å². The first-order valence-electron chi connectivity index (χ1n) is 16.6. The van der Waals surface area contributed by atoms with Gasteiger partial charge >= 0.3 is 0 Å². The largest absolute Gasteiger partial charge is 0.251 e. The van der Waals surface area contributed by atoms with Crippen molar-refractivity contribution in [1.82, 2.24) is 9.97 Å². The molecule has 0 aliphatic heterocycles. The molecule has 0 bridgehead atoms. The Morgan fingerprint density at radius 2 is 0.729 bits per heavy atom. The van der Waals surface area contributed by atoms with E-state index < -0.39 is 0 Å². The molecule has 0 saturated carbocycles. The van der Waals surface area contributed by atoms with Gasteiger partial charge in [0.05, 0.1) is 34.2 Å². The van der Waals surface area contributed by atoms with Crippen molar-refractivity contribution in [2.75, 3.05) is 0 Å². The Morgan fingerprint density at radius 1 is 0.438 bits per heavy atom. The minimum atomic E-state index is 0. The van der Waals surface area contributed by atoms with E-state index in [0.29, 0.717) is 29.3 Å². The summed E-state index contributed by atoms with van der Waals surface area (Å²) in [5, 5.41) is 1.00. The Kier molecular flexibility index (Phi) is 16.1. The van der Waals surface area contributed by atoms with Crippen LogP contribution in [-0.4, -0.2) is 21.4 Å². The molecule has 0 radical (unpaired) electrons. The third-order valence-corrected chi connectivity index (χ3v) is 8.20. The van der Waals surface area contributed by atoms with Gasteiger partial charge in [0.1, 0.15) is 0 Å². The molecular weight excluding hydrogens is 672 g/mol. The van der Waals surface area contributed by atoms with Crippen molar-refractivity contribution in [2.24, 2.45) is 9.98 Å². The molecular formula is C42H50Fe2N4. The molecule has 6 heteroatoms. The van der Waals surface area contributed by atoms with Crippen molar-refractivity contribution in [3.63, 3.8) is 0 Å². The van der Waals surface area contributed by atoms with Gasteiger partial charge in [0.2, 0.25) is 0 Å². The Balaban J connectivity index is 0.000000901. The van der Waals surface area contributed by atoms with E-state index in [1.54, 1.807) is 0 Å². The molecule has 5 rings (SSSR count). The van der Waals surface area contributed by atoms with Crippen molar-refractivity contribution in [3.8, 4) is 0 Å². The van der Waals surface area contributed by atoms with Gasteiger partial charge in [-0.2, -0.15) is 0 Å². The number of fused-ring (bicyclic) bond motifs is 1. The molecule has 4 nitrogen and oxygen atoms in total. The van der Waals surface area contributed by atoms with Gasteiger partial charge in [-0.3, -0.25) is 9.98 Å². The number of hydrogen-bond donors (Lipinski definition) is 0. The Morgan fingerprint density at radius 3 is 1.00 bits per heavy atom. The average Bonchev–Trinajstić information content (AvgIpc) is 3.05. The molecule has 254 valence electrons. The van der Waals surface area contributed by atoms with Crippen molar-refractivity contribution in [1.29, 1.82) is 0 Å². The van der Waals surface area contributed by atoms with Gasteiger partial charge in [-0.05, 0) is 84.0 Å². The number of hydrogen-bond acceptors (Lipinski definition) is 4. The van der Waals surface area contributed by atoms with Crippen LogP contribution in [0.1, 0.15) is 127 Å². The predicted molar refractivity (Wildman–Crippen MR) is 199 cm³/mol. The molecule has 0 aliphatic carbocycles. The van der Waals surface area contributed by atoms with Crippen LogP contribution >= 0.6 is 0 Å². The summed E-state index contributed by atoms with van der Waals surface area (Å²) >= 11 is 0. The fourth-order valence-electron chi connectivity index (χ4n) is 5.52. The molecule has 0 N–H and O–H groups in total. The summed E-state index contributed by atoms with van der Waals surface area (Å²) in [4.78, 5) is 20.2. The molecule has 0 unspecified atom stereocenters. The number of pyridine rings is 2. The first-order valence-corrected chi connectivity index (χ1v) is 16.6. The van der Waals surface area contributed by atoms with Crippen LogP contribution in [0, 0.1) is 0 Å². The van der Waals surface area contributed by atoms with Gasteiger partial charge in [0, 0.05) is 39.5 Å². The van der Waals surface area contributed by atoms with Gasteiger partial charge in [-0.25, -0.2) is 9.97 Å². The smallest absolute Gasteiger partial charge is 0.160 e. The number of para-hydroxylation sites is 2.